The Morgan fingerprint density at radius 1 is 1.15 bits per heavy atom. The summed E-state index contributed by atoms with van der Waals surface area (Å²) in [5.41, 5.74) is 1.87. The topological polar surface area (TPSA) is 55.8 Å². The van der Waals surface area contributed by atoms with Gasteiger partial charge >= 0.3 is 6.03 Å². The van der Waals surface area contributed by atoms with E-state index in [0.717, 1.165) is 24.2 Å². The molecular weight excluding hydrogens is 326 g/mol. The summed E-state index contributed by atoms with van der Waals surface area (Å²) in [5, 5.41) is 13.3. The fourth-order valence-corrected chi connectivity index (χ4v) is 3.47. The number of carbonyl (C=O) groups is 1. The van der Waals surface area contributed by atoms with Gasteiger partial charge in [-0.15, -0.1) is 0 Å². The van der Waals surface area contributed by atoms with Gasteiger partial charge in [-0.3, -0.25) is 0 Å². The average molecular weight is 353 g/mol. The monoisotopic (exact) mass is 353 g/mol. The number of β-amino-alcohol motifs (C(OH)–C–C–N with tert-alkyl or cyclic N) is 1. The van der Waals surface area contributed by atoms with E-state index in [0.29, 0.717) is 19.5 Å². The normalized spacial score (nSPS) is 21.0. The van der Waals surface area contributed by atoms with E-state index in [9.17, 15) is 9.90 Å². The van der Waals surface area contributed by atoms with E-state index < -0.39 is 6.10 Å². The van der Waals surface area contributed by atoms with Crippen molar-refractivity contribution in [2.75, 3.05) is 25.5 Å². The van der Waals surface area contributed by atoms with Gasteiger partial charge in [-0.25, -0.2) is 4.79 Å². The Morgan fingerprint density at radius 2 is 1.81 bits per heavy atom. The summed E-state index contributed by atoms with van der Waals surface area (Å²) in [6, 6.07) is 19.4. The summed E-state index contributed by atoms with van der Waals surface area (Å²) in [6.45, 7) is 2.04. The third kappa shape index (κ3) is 5.07. The number of nitrogens with zero attached hydrogens (tertiary/aromatic N) is 2. The third-order valence-electron chi connectivity index (χ3n) is 4.83. The van der Waals surface area contributed by atoms with E-state index in [4.69, 9.17) is 0 Å². The minimum atomic E-state index is -0.421. The molecular formula is C21H27N3O2. The fourth-order valence-electron chi connectivity index (χ4n) is 3.47. The number of anilines is 1. The Morgan fingerprint density at radius 3 is 2.50 bits per heavy atom. The minimum Gasteiger partial charge on any atom is -0.392 e. The van der Waals surface area contributed by atoms with Crippen LogP contribution in [0.15, 0.2) is 60.7 Å². The molecule has 3 rings (SSSR count). The zero-order chi connectivity index (χ0) is 18.4. The molecule has 1 saturated heterocycles. The van der Waals surface area contributed by atoms with Crippen molar-refractivity contribution >= 4 is 11.7 Å². The van der Waals surface area contributed by atoms with Gasteiger partial charge in [0.2, 0.25) is 0 Å². The smallest absolute Gasteiger partial charge is 0.322 e. The highest BCUT2D eigenvalue weighted by Gasteiger charge is 2.29. The first-order valence-electron chi connectivity index (χ1n) is 9.15. The van der Waals surface area contributed by atoms with Crippen molar-refractivity contribution in [3.8, 4) is 0 Å². The van der Waals surface area contributed by atoms with Crippen molar-refractivity contribution in [3.05, 3.63) is 66.2 Å². The second kappa shape index (κ2) is 8.83. The lowest BCUT2D eigenvalue weighted by Gasteiger charge is -2.32. The second-order valence-electron chi connectivity index (χ2n) is 7.00. The number of likely N-dealkylation sites (N-methyl/N-ethyl adjacent to an activating group) is 1. The number of amides is 2. The fraction of sp³-hybridized carbons (Fsp3) is 0.381. The number of para-hydroxylation sites is 1. The molecule has 0 spiro atoms. The predicted octanol–water partition coefficient (Wildman–Crippen LogP) is 3.18. The van der Waals surface area contributed by atoms with Crippen LogP contribution in [0.4, 0.5) is 10.5 Å². The highest BCUT2D eigenvalue weighted by molar-refractivity contribution is 5.89. The number of carbonyl (C=O) groups excluding carboxylic acids is 1. The minimum absolute atomic E-state index is 0.00105. The molecule has 0 unspecified atom stereocenters. The molecule has 26 heavy (non-hydrogen) atoms. The van der Waals surface area contributed by atoms with Crippen LogP contribution in [-0.4, -0.2) is 53.2 Å². The van der Waals surface area contributed by atoms with Crippen LogP contribution in [-0.2, 0) is 6.54 Å². The predicted molar refractivity (Wildman–Crippen MR) is 104 cm³/mol. The summed E-state index contributed by atoms with van der Waals surface area (Å²) in [4.78, 5) is 17.0. The Labute approximate surface area is 155 Å². The van der Waals surface area contributed by atoms with Crippen molar-refractivity contribution < 1.29 is 9.90 Å². The quantitative estimate of drug-likeness (QED) is 0.888. The molecule has 0 saturated carbocycles. The molecule has 5 heteroatoms. The highest BCUT2D eigenvalue weighted by atomic mass is 16.3. The maximum Gasteiger partial charge on any atom is 0.322 e. The number of benzene rings is 2. The Balaban J connectivity index is 1.79. The van der Waals surface area contributed by atoms with Crippen LogP contribution in [0, 0.1) is 0 Å². The zero-order valence-electron chi connectivity index (χ0n) is 15.2. The molecule has 0 radical (unpaired) electrons. The number of likely N-dealkylation sites (tertiary alicyclic amines) is 1. The van der Waals surface area contributed by atoms with Crippen LogP contribution in [0.2, 0.25) is 0 Å². The first kappa shape index (κ1) is 18.4. The molecule has 2 N–H and O–H groups in total. The number of rotatable bonds is 4. The Hall–Kier alpha value is -2.37. The first-order chi connectivity index (χ1) is 12.6. The van der Waals surface area contributed by atoms with E-state index in [1.54, 1.807) is 0 Å². The van der Waals surface area contributed by atoms with Crippen LogP contribution in [0.5, 0.6) is 0 Å². The van der Waals surface area contributed by atoms with Crippen molar-refractivity contribution in [2.24, 2.45) is 0 Å². The third-order valence-corrected chi connectivity index (χ3v) is 4.83. The van der Waals surface area contributed by atoms with Gasteiger partial charge in [0.15, 0.2) is 0 Å². The number of aliphatic hydroxyl groups is 1. The highest BCUT2D eigenvalue weighted by Crippen LogP contribution is 2.21. The number of hydrogen-bond acceptors (Lipinski definition) is 3. The molecule has 5 nitrogen and oxygen atoms in total. The number of urea groups is 1. The molecule has 1 aliphatic rings. The van der Waals surface area contributed by atoms with Gasteiger partial charge in [-0.1, -0.05) is 48.5 Å². The molecule has 1 heterocycles. The van der Waals surface area contributed by atoms with Crippen LogP contribution in [0.1, 0.15) is 18.4 Å². The van der Waals surface area contributed by atoms with E-state index in [-0.39, 0.29) is 12.1 Å². The van der Waals surface area contributed by atoms with Crippen LogP contribution >= 0.6 is 0 Å². The van der Waals surface area contributed by atoms with E-state index >= 15 is 0 Å². The van der Waals surface area contributed by atoms with E-state index in [1.165, 1.54) is 0 Å². The largest absolute Gasteiger partial charge is 0.392 e. The van der Waals surface area contributed by atoms with Gasteiger partial charge < -0.3 is 20.2 Å². The Kier molecular flexibility index (Phi) is 6.26. The molecule has 1 fully saturated rings. The van der Waals surface area contributed by atoms with Crippen molar-refractivity contribution in [3.63, 3.8) is 0 Å². The van der Waals surface area contributed by atoms with Crippen molar-refractivity contribution in [1.82, 2.24) is 9.80 Å². The lowest BCUT2D eigenvalue weighted by molar-refractivity contribution is 0.109. The molecule has 0 bridgehead atoms. The molecule has 0 aliphatic carbocycles. The van der Waals surface area contributed by atoms with Crippen LogP contribution in [0.25, 0.3) is 0 Å². The summed E-state index contributed by atoms with van der Waals surface area (Å²) in [6.07, 6.45) is 1.03. The van der Waals surface area contributed by atoms with E-state index in [2.05, 4.69) is 10.2 Å². The summed E-state index contributed by atoms with van der Waals surface area (Å²) in [5.74, 6) is 0. The molecule has 2 atom stereocenters. The molecule has 2 aromatic carbocycles. The summed E-state index contributed by atoms with van der Waals surface area (Å²) < 4.78 is 0. The molecule has 2 aromatic rings. The Bertz CT molecular complexity index is 693. The van der Waals surface area contributed by atoms with Crippen molar-refractivity contribution in [1.29, 1.82) is 0 Å². The lowest BCUT2D eigenvalue weighted by atomic mass is 10.0. The summed E-state index contributed by atoms with van der Waals surface area (Å²) in [7, 11) is 2.01. The molecule has 138 valence electrons. The number of nitrogens with one attached hydrogen (secondary N) is 1. The maximum atomic E-state index is 13.0. The number of aliphatic hydroxyl groups excluding tert-OH is 1. The first-order valence-corrected chi connectivity index (χ1v) is 9.15. The zero-order valence-corrected chi connectivity index (χ0v) is 15.2. The SMILES string of the molecule is CN1CC[C@H](N(Cc2ccccc2)C(=O)Nc2ccccc2)C[C@H](O)C1. The average Bonchev–Trinajstić information content (AvgIpc) is 2.81. The van der Waals surface area contributed by atoms with E-state index in [1.807, 2.05) is 72.6 Å². The van der Waals surface area contributed by atoms with Gasteiger partial charge in [-0.2, -0.15) is 0 Å². The summed E-state index contributed by atoms with van der Waals surface area (Å²) >= 11 is 0. The van der Waals surface area contributed by atoms with Crippen molar-refractivity contribution in [2.45, 2.75) is 31.5 Å². The lowest BCUT2D eigenvalue weighted by Crippen LogP contribution is -2.44. The van der Waals surface area contributed by atoms with Gasteiger partial charge in [0.1, 0.15) is 0 Å². The maximum absolute atomic E-state index is 13.0. The number of hydrogen-bond donors (Lipinski definition) is 2. The second-order valence-corrected chi connectivity index (χ2v) is 7.00. The van der Waals surface area contributed by atoms with Gasteiger partial charge in [-0.05, 0) is 44.1 Å². The molecule has 2 amide bonds. The van der Waals surface area contributed by atoms with Crippen LogP contribution < -0.4 is 5.32 Å². The molecule has 1 aliphatic heterocycles. The van der Waals surface area contributed by atoms with Gasteiger partial charge in [0, 0.05) is 24.8 Å². The molecule has 0 aromatic heterocycles. The van der Waals surface area contributed by atoms with Crippen LogP contribution in [0.3, 0.4) is 0 Å². The van der Waals surface area contributed by atoms with Gasteiger partial charge in [0.05, 0.1) is 6.10 Å². The van der Waals surface area contributed by atoms with Gasteiger partial charge in [0.25, 0.3) is 0 Å². The standard InChI is InChI=1S/C21H27N3O2/c1-23-13-12-19(14-20(25)16-23)24(15-17-8-4-2-5-9-17)21(26)22-18-10-6-3-7-11-18/h2-11,19-20,25H,12-16H2,1H3,(H,22,26)/t19-,20-/m0/s1.